The zero-order valence-electron chi connectivity index (χ0n) is 17.9. The number of anilines is 2. The van der Waals surface area contributed by atoms with Gasteiger partial charge in [-0.25, -0.2) is 12.8 Å². The molecule has 1 aromatic heterocycles. The van der Waals surface area contributed by atoms with Gasteiger partial charge in [0, 0.05) is 28.4 Å². The SMILES string of the molecule is COCc1c(C(=O)Nc2ccc(C)c(NS(=O)(=O)c3ccccc3)c2)sc2cccc(F)c12. The number of halogens is 1. The van der Waals surface area contributed by atoms with Crippen molar-refractivity contribution in [1.29, 1.82) is 0 Å². The van der Waals surface area contributed by atoms with E-state index in [-0.39, 0.29) is 11.5 Å². The summed E-state index contributed by atoms with van der Waals surface area (Å²) in [6.07, 6.45) is 0. The van der Waals surface area contributed by atoms with Crippen LogP contribution in [0.15, 0.2) is 71.6 Å². The van der Waals surface area contributed by atoms with Crippen LogP contribution in [0.1, 0.15) is 20.8 Å². The van der Waals surface area contributed by atoms with E-state index >= 15 is 0 Å². The van der Waals surface area contributed by atoms with Crippen molar-refractivity contribution in [2.45, 2.75) is 18.4 Å². The largest absolute Gasteiger partial charge is 0.380 e. The summed E-state index contributed by atoms with van der Waals surface area (Å²) in [7, 11) is -2.30. The highest BCUT2D eigenvalue weighted by Crippen LogP contribution is 2.34. The van der Waals surface area contributed by atoms with E-state index in [0.29, 0.717) is 37.5 Å². The maximum atomic E-state index is 14.4. The predicted molar refractivity (Wildman–Crippen MR) is 129 cm³/mol. The molecule has 33 heavy (non-hydrogen) atoms. The fourth-order valence-electron chi connectivity index (χ4n) is 3.43. The molecular weight excluding hydrogens is 463 g/mol. The third-order valence-electron chi connectivity index (χ3n) is 5.05. The van der Waals surface area contributed by atoms with Crippen molar-refractivity contribution in [3.8, 4) is 0 Å². The van der Waals surface area contributed by atoms with Crippen LogP contribution in [0.4, 0.5) is 15.8 Å². The van der Waals surface area contributed by atoms with Crippen LogP contribution in [0, 0.1) is 12.7 Å². The Kier molecular flexibility index (Phi) is 6.46. The number of benzene rings is 3. The molecule has 0 bridgehead atoms. The highest BCUT2D eigenvalue weighted by Gasteiger charge is 2.21. The number of methoxy groups -OCH3 is 1. The van der Waals surface area contributed by atoms with Crippen LogP contribution in [0.2, 0.25) is 0 Å². The number of hydrogen-bond acceptors (Lipinski definition) is 5. The Balaban J connectivity index is 1.64. The van der Waals surface area contributed by atoms with Gasteiger partial charge in [0.2, 0.25) is 0 Å². The minimum atomic E-state index is -3.79. The Morgan fingerprint density at radius 2 is 1.82 bits per heavy atom. The Morgan fingerprint density at radius 3 is 2.55 bits per heavy atom. The second-order valence-corrected chi connectivity index (χ2v) is 10.1. The van der Waals surface area contributed by atoms with E-state index in [9.17, 15) is 17.6 Å². The van der Waals surface area contributed by atoms with Gasteiger partial charge in [-0.1, -0.05) is 30.3 Å². The molecule has 3 aromatic carbocycles. The number of amides is 1. The Bertz CT molecular complexity index is 1430. The molecule has 2 N–H and O–H groups in total. The topological polar surface area (TPSA) is 84.5 Å². The van der Waals surface area contributed by atoms with Crippen molar-refractivity contribution in [2.24, 2.45) is 0 Å². The molecule has 0 aliphatic carbocycles. The zero-order chi connectivity index (χ0) is 23.6. The summed E-state index contributed by atoms with van der Waals surface area (Å²) in [5, 5.41) is 3.16. The third kappa shape index (κ3) is 4.75. The number of ether oxygens (including phenoxy) is 1. The molecule has 6 nitrogen and oxygen atoms in total. The van der Waals surface area contributed by atoms with E-state index in [2.05, 4.69) is 10.0 Å². The van der Waals surface area contributed by atoms with Crippen LogP contribution in [-0.4, -0.2) is 21.4 Å². The molecule has 0 aliphatic heterocycles. The molecule has 1 heterocycles. The van der Waals surface area contributed by atoms with E-state index in [0.717, 1.165) is 0 Å². The van der Waals surface area contributed by atoms with E-state index in [1.807, 2.05) is 0 Å². The number of nitrogens with one attached hydrogen (secondary N) is 2. The van der Waals surface area contributed by atoms with Gasteiger partial charge in [0.25, 0.3) is 15.9 Å². The lowest BCUT2D eigenvalue weighted by Crippen LogP contribution is -2.15. The van der Waals surface area contributed by atoms with E-state index in [4.69, 9.17) is 4.74 Å². The summed E-state index contributed by atoms with van der Waals surface area (Å²) in [5.41, 5.74) is 1.91. The minimum Gasteiger partial charge on any atom is -0.380 e. The van der Waals surface area contributed by atoms with Crippen molar-refractivity contribution in [3.63, 3.8) is 0 Å². The van der Waals surface area contributed by atoms with E-state index in [1.165, 1.54) is 36.6 Å². The standard InChI is InChI=1S/C24H21FN2O4S2/c1-15-11-12-16(13-20(15)27-33(29,30)17-7-4-3-5-8-17)26-24(28)23-18(14-31-2)22-19(25)9-6-10-21(22)32-23/h3-13,27H,14H2,1-2H3,(H,26,28). The van der Waals surface area contributed by atoms with Crippen molar-refractivity contribution in [3.05, 3.63) is 88.6 Å². The summed E-state index contributed by atoms with van der Waals surface area (Å²) in [6, 6.07) is 17.7. The van der Waals surface area contributed by atoms with Gasteiger partial charge in [0.15, 0.2) is 0 Å². The van der Waals surface area contributed by atoms with Crippen LogP contribution in [0.5, 0.6) is 0 Å². The molecule has 0 atom stereocenters. The van der Waals surface area contributed by atoms with Crippen molar-refractivity contribution >= 4 is 48.7 Å². The Hall–Kier alpha value is -3.27. The fourth-order valence-corrected chi connectivity index (χ4v) is 5.69. The number of carbonyl (C=O) groups is 1. The molecule has 4 rings (SSSR count). The van der Waals surface area contributed by atoms with E-state index < -0.39 is 21.7 Å². The maximum absolute atomic E-state index is 14.4. The van der Waals surface area contributed by atoms with Crippen LogP contribution >= 0.6 is 11.3 Å². The van der Waals surface area contributed by atoms with Gasteiger partial charge < -0.3 is 10.1 Å². The zero-order valence-corrected chi connectivity index (χ0v) is 19.5. The highest BCUT2D eigenvalue weighted by molar-refractivity contribution is 7.92. The van der Waals surface area contributed by atoms with Crippen molar-refractivity contribution in [2.75, 3.05) is 17.1 Å². The molecule has 1 amide bonds. The molecule has 0 radical (unpaired) electrons. The van der Waals surface area contributed by atoms with E-state index in [1.54, 1.807) is 55.5 Å². The average Bonchev–Trinajstić information content (AvgIpc) is 3.17. The second-order valence-electron chi connectivity index (χ2n) is 7.36. The van der Waals surface area contributed by atoms with Crippen molar-refractivity contribution in [1.82, 2.24) is 0 Å². The molecular formula is C24H21FN2O4S2. The smallest absolute Gasteiger partial charge is 0.266 e. The van der Waals surface area contributed by atoms with Crippen LogP contribution in [-0.2, 0) is 21.4 Å². The molecule has 0 fully saturated rings. The summed E-state index contributed by atoms with van der Waals surface area (Å²) < 4.78 is 48.3. The van der Waals surface area contributed by atoms with Gasteiger partial charge in [-0.3, -0.25) is 9.52 Å². The first-order chi connectivity index (χ1) is 15.8. The first kappa shape index (κ1) is 22.9. The third-order valence-corrected chi connectivity index (χ3v) is 7.63. The number of thiophene rings is 1. The molecule has 0 unspecified atom stereocenters. The number of hydrogen-bond donors (Lipinski definition) is 2. The highest BCUT2D eigenvalue weighted by atomic mass is 32.2. The normalized spacial score (nSPS) is 11.5. The fraction of sp³-hybridized carbons (Fsp3) is 0.125. The van der Waals surface area contributed by atoms with Gasteiger partial charge >= 0.3 is 0 Å². The number of carbonyl (C=O) groups excluding carboxylic acids is 1. The summed E-state index contributed by atoms with van der Waals surface area (Å²) in [4.78, 5) is 13.5. The first-order valence-corrected chi connectivity index (χ1v) is 12.3. The minimum absolute atomic E-state index is 0.0830. The Morgan fingerprint density at radius 1 is 1.06 bits per heavy atom. The first-order valence-electron chi connectivity index (χ1n) is 9.99. The molecule has 0 spiro atoms. The number of rotatable bonds is 7. The molecule has 0 saturated heterocycles. The Labute approximate surface area is 195 Å². The monoisotopic (exact) mass is 484 g/mol. The molecule has 0 aliphatic rings. The van der Waals surface area contributed by atoms with Crippen LogP contribution in [0.3, 0.4) is 0 Å². The van der Waals surface area contributed by atoms with Crippen LogP contribution < -0.4 is 10.0 Å². The summed E-state index contributed by atoms with van der Waals surface area (Å²) in [6.45, 7) is 1.85. The second kappa shape index (κ2) is 9.30. The lowest BCUT2D eigenvalue weighted by atomic mass is 10.1. The van der Waals surface area contributed by atoms with Crippen molar-refractivity contribution < 1.29 is 22.3 Å². The van der Waals surface area contributed by atoms with Crippen LogP contribution in [0.25, 0.3) is 10.1 Å². The molecule has 4 aromatic rings. The summed E-state index contributed by atoms with van der Waals surface area (Å²) in [5.74, 6) is -0.842. The molecule has 9 heteroatoms. The molecule has 0 saturated carbocycles. The van der Waals surface area contributed by atoms with Gasteiger partial charge in [-0.15, -0.1) is 11.3 Å². The van der Waals surface area contributed by atoms with Gasteiger partial charge in [0.05, 0.1) is 22.1 Å². The average molecular weight is 485 g/mol. The predicted octanol–water partition coefficient (Wildman–Crippen LogP) is 5.55. The quantitative estimate of drug-likeness (QED) is 0.360. The summed E-state index contributed by atoms with van der Waals surface area (Å²) >= 11 is 1.18. The van der Waals surface area contributed by atoms with Gasteiger partial charge in [-0.2, -0.15) is 0 Å². The number of fused-ring (bicyclic) bond motifs is 1. The lowest BCUT2D eigenvalue weighted by Gasteiger charge is -2.13. The van der Waals surface area contributed by atoms with Gasteiger partial charge in [-0.05, 0) is 48.9 Å². The number of aryl methyl sites for hydroxylation is 1. The van der Waals surface area contributed by atoms with Gasteiger partial charge in [0.1, 0.15) is 5.82 Å². The lowest BCUT2D eigenvalue weighted by molar-refractivity contribution is 0.102. The number of sulfonamides is 1. The molecule has 170 valence electrons. The maximum Gasteiger partial charge on any atom is 0.266 e.